The number of hydrogen-bond acceptors (Lipinski definition) is 7. The van der Waals surface area contributed by atoms with Crippen LogP contribution < -0.4 is 9.86 Å². The molecule has 3 aromatic rings. The van der Waals surface area contributed by atoms with Gasteiger partial charge in [-0.3, -0.25) is 9.59 Å². The van der Waals surface area contributed by atoms with Crippen LogP contribution in [0.15, 0.2) is 48.5 Å². The van der Waals surface area contributed by atoms with Crippen molar-refractivity contribution in [3.63, 3.8) is 0 Å². The summed E-state index contributed by atoms with van der Waals surface area (Å²) in [5, 5.41) is 16.0. The molecule has 1 aliphatic carbocycles. The van der Waals surface area contributed by atoms with Gasteiger partial charge in [-0.05, 0) is 43.5 Å². The number of aromatic nitrogens is 3. The van der Waals surface area contributed by atoms with E-state index in [9.17, 15) is 19.6 Å². The molecule has 9 nitrogen and oxygen atoms in total. The highest BCUT2D eigenvalue weighted by atomic mass is 16.5. The first kappa shape index (κ1) is 20.9. The van der Waals surface area contributed by atoms with Gasteiger partial charge in [-0.25, -0.2) is 4.79 Å². The summed E-state index contributed by atoms with van der Waals surface area (Å²) >= 11 is 0. The van der Waals surface area contributed by atoms with Gasteiger partial charge >= 0.3 is 5.97 Å². The maximum Gasteiger partial charge on any atom is 0.338 e. The molecule has 0 spiro atoms. The van der Waals surface area contributed by atoms with Gasteiger partial charge in [0.2, 0.25) is 17.3 Å². The Morgan fingerprint density at radius 1 is 0.970 bits per heavy atom. The Balaban J connectivity index is 1.26. The molecule has 1 aromatic heterocycles. The molecule has 9 heteroatoms. The fourth-order valence-corrected chi connectivity index (χ4v) is 4.37. The summed E-state index contributed by atoms with van der Waals surface area (Å²) in [5.74, 6) is -1.46. The Hall–Kier alpha value is -4.01. The van der Waals surface area contributed by atoms with Gasteiger partial charge in [0.05, 0.1) is 5.56 Å². The van der Waals surface area contributed by atoms with Crippen LogP contribution in [-0.4, -0.2) is 47.0 Å². The summed E-state index contributed by atoms with van der Waals surface area (Å²) in [7, 11) is 0. The first-order chi connectivity index (χ1) is 16.0. The minimum absolute atomic E-state index is 0.0874. The Labute approximate surface area is 189 Å². The minimum Gasteiger partial charge on any atom is -0.571 e. The zero-order chi connectivity index (χ0) is 22.9. The summed E-state index contributed by atoms with van der Waals surface area (Å²) in [6.07, 6.45) is 3.58. The van der Waals surface area contributed by atoms with Crippen LogP contribution in [0.1, 0.15) is 61.7 Å². The van der Waals surface area contributed by atoms with E-state index in [1.165, 1.54) is 25.3 Å². The van der Waals surface area contributed by atoms with E-state index in [0.29, 0.717) is 5.56 Å². The fraction of sp³-hybridized carbons (Fsp3) is 0.292. The molecule has 0 saturated carbocycles. The van der Waals surface area contributed by atoms with Crippen molar-refractivity contribution >= 4 is 23.2 Å². The molecule has 5 rings (SSSR count). The second-order valence-electron chi connectivity index (χ2n) is 8.11. The molecule has 2 heterocycles. The van der Waals surface area contributed by atoms with E-state index in [1.807, 2.05) is 12.1 Å². The van der Waals surface area contributed by atoms with E-state index in [4.69, 9.17) is 4.74 Å². The molecular formula is C24H22N4O5. The third kappa shape index (κ3) is 3.75. The molecule has 0 atom stereocenters. The zero-order valence-electron chi connectivity index (χ0n) is 17.9. The third-order valence-electron chi connectivity index (χ3n) is 6.08. The molecule has 0 N–H and O–H groups in total. The number of ketones is 2. The summed E-state index contributed by atoms with van der Waals surface area (Å²) in [6.45, 7) is 1.77. The number of benzene rings is 2. The average Bonchev–Trinajstić information content (AvgIpc) is 3.19. The topological polar surface area (TPSA) is 108 Å². The number of carbonyl (C=O) groups excluding carboxylic acids is 3. The van der Waals surface area contributed by atoms with Gasteiger partial charge in [0.25, 0.3) is 0 Å². The average molecular weight is 446 g/mol. The van der Waals surface area contributed by atoms with E-state index < -0.39 is 17.5 Å². The molecular weight excluding hydrogens is 424 g/mol. The SMILES string of the molecule is O=C(OCCn1c2c(n[n+]1[O-])C(=O)c1ccccc1C2=O)c1ccc(N2CCCCC2)cc1. The number of nitrogens with zero attached hydrogens (tertiary/aromatic N) is 4. The summed E-state index contributed by atoms with van der Waals surface area (Å²) in [5.41, 5.74) is 1.65. The fourth-order valence-electron chi connectivity index (χ4n) is 4.37. The van der Waals surface area contributed by atoms with Gasteiger partial charge in [-0.15, -0.1) is 4.68 Å². The van der Waals surface area contributed by atoms with Crippen molar-refractivity contribution in [3.05, 3.63) is 81.8 Å². The van der Waals surface area contributed by atoms with Crippen LogP contribution in [0.2, 0.25) is 0 Å². The van der Waals surface area contributed by atoms with Crippen molar-refractivity contribution in [2.24, 2.45) is 0 Å². The monoisotopic (exact) mass is 446 g/mol. The molecule has 0 radical (unpaired) electrons. The standard InChI is InChI=1S/C24H22N4O5/c29-22-18-6-2-3-7-19(18)23(30)21-20(22)25-28(32)27(21)14-15-33-24(31)16-8-10-17(11-9-16)26-12-4-1-5-13-26/h2-3,6-11H,1,4-5,12-15H2. The van der Waals surface area contributed by atoms with Crippen LogP contribution in [0.5, 0.6) is 0 Å². The van der Waals surface area contributed by atoms with Gasteiger partial charge in [0, 0.05) is 40.0 Å². The largest absolute Gasteiger partial charge is 0.571 e. The molecule has 33 heavy (non-hydrogen) atoms. The number of piperidine rings is 1. The zero-order valence-corrected chi connectivity index (χ0v) is 17.9. The van der Waals surface area contributed by atoms with Crippen molar-refractivity contribution in [2.75, 3.05) is 24.6 Å². The second-order valence-corrected chi connectivity index (χ2v) is 8.11. The minimum atomic E-state index is -0.528. The van der Waals surface area contributed by atoms with E-state index in [0.717, 1.165) is 23.5 Å². The van der Waals surface area contributed by atoms with Crippen molar-refractivity contribution in [1.82, 2.24) is 9.78 Å². The summed E-state index contributed by atoms with van der Waals surface area (Å²) in [6, 6.07) is 13.6. The molecule has 1 aliphatic heterocycles. The number of esters is 1. The molecule has 2 aromatic carbocycles. The lowest BCUT2D eigenvalue weighted by molar-refractivity contribution is -0.749. The van der Waals surface area contributed by atoms with Gasteiger partial charge in [-0.1, -0.05) is 24.3 Å². The Morgan fingerprint density at radius 2 is 1.64 bits per heavy atom. The predicted octanol–water partition coefficient (Wildman–Crippen LogP) is 2.14. The molecule has 0 amide bonds. The van der Waals surface area contributed by atoms with Crippen LogP contribution in [0, 0.1) is 5.21 Å². The first-order valence-electron chi connectivity index (χ1n) is 11.0. The third-order valence-corrected chi connectivity index (χ3v) is 6.08. The molecule has 1 fully saturated rings. The van der Waals surface area contributed by atoms with Gasteiger partial charge in [-0.2, -0.15) is 0 Å². The highest BCUT2D eigenvalue weighted by Gasteiger charge is 2.39. The van der Waals surface area contributed by atoms with Gasteiger partial charge in [0.15, 0.2) is 5.69 Å². The smallest absolute Gasteiger partial charge is 0.338 e. The van der Waals surface area contributed by atoms with Crippen LogP contribution in [0.3, 0.4) is 0 Å². The Morgan fingerprint density at radius 3 is 2.33 bits per heavy atom. The van der Waals surface area contributed by atoms with Gasteiger partial charge < -0.3 is 14.8 Å². The van der Waals surface area contributed by atoms with Crippen LogP contribution in [0.4, 0.5) is 5.69 Å². The second kappa shape index (κ2) is 8.50. The number of carbonyl (C=O) groups is 3. The van der Waals surface area contributed by atoms with Crippen LogP contribution in [-0.2, 0) is 11.3 Å². The highest BCUT2D eigenvalue weighted by molar-refractivity contribution is 6.26. The number of hydrogen-bond donors (Lipinski definition) is 0. The lowest BCUT2D eigenvalue weighted by Gasteiger charge is -2.28. The number of rotatable bonds is 5. The predicted molar refractivity (Wildman–Crippen MR) is 117 cm³/mol. The van der Waals surface area contributed by atoms with E-state index in [-0.39, 0.29) is 40.6 Å². The first-order valence-corrected chi connectivity index (χ1v) is 11.0. The summed E-state index contributed by atoms with van der Waals surface area (Å²) < 4.78 is 6.34. The van der Waals surface area contributed by atoms with Gasteiger partial charge in [0.1, 0.15) is 13.2 Å². The Bertz CT molecular complexity index is 1240. The quantitative estimate of drug-likeness (QED) is 0.262. The van der Waals surface area contributed by atoms with Crippen LogP contribution >= 0.6 is 0 Å². The van der Waals surface area contributed by atoms with E-state index in [2.05, 4.69) is 10.00 Å². The maximum absolute atomic E-state index is 12.9. The normalized spacial score (nSPS) is 15.2. The van der Waals surface area contributed by atoms with E-state index >= 15 is 0 Å². The number of anilines is 1. The molecule has 168 valence electrons. The highest BCUT2D eigenvalue weighted by Crippen LogP contribution is 2.25. The maximum atomic E-state index is 12.9. The molecule has 0 unspecified atom stereocenters. The number of ether oxygens (including phenoxy) is 1. The van der Waals surface area contributed by atoms with Crippen molar-refractivity contribution in [1.29, 1.82) is 0 Å². The van der Waals surface area contributed by atoms with Crippen molar-refractivity contribution < 1.29 is 24.1 Å². The number of fused-ring (bicyclic) bond motifs is 2. The Kier molecular flexibility index (Phi) is 5.37. The lowest BCUT2D eigenvalue weighted by Crippen LogP contribution is -2.42. The van der Waals surface area contributed by atoms with Crippen LogP contribution in [0.25, 0.3) is 0 Å². The van der Waals surface area contributed by atoms with Crippen molar-refractivity contribution in [3.8, 4) is 0 Å². The molecule has 2 aliphatic rings. The molecule has 0 bridgehead atoms. The van der Waals surface area contributed by atoms with Crippen molar-refractivity contribution in [2.45, 2.75) is 25.8 Å². The van der Waals surface area contributed by atoms with E-state index in [1.54, 1.807) is 30.3 Å². The summed E-state index contributed by atoms with van der Waals surface area (Å²) in [4.78, 5) is 40.5. The molecule has 1 saturated heterocycles. The lowest BCUT2D eigenvalue weighted by atomic mass is 9.90.